The van der Waals surface area contributed by atoms with E-state index in [1.54, 1.807) is 10.7 Å². The lowest BCUT2D eigenvalue weighted by atomic mass is 10.1. The number of hydrogen-bond donors (Lipinski definition) is 3. The third-order valence-electron chi connectivity index (χ3n) is 4.62. The molecule has 4 N–H and O–H groups in total. The Morgan fingerprint density at radius 2 is 1.74 bits per heavy atom. The molecule has 0 radical (unpaired) electrons. The molecule has 9 nitrogen and oxygen atoms in total. The van der Waals surface area contributed by atoms with Crippen molar-refractivity contribution in [2.45, 2.75) is 13.0 Å². The van der Waals surface area contributed by atoms with Crippen LogP contribution in [0.15, 0.2) is 72.9 Å². The first-order valence-electron chi connectivity index (χ1n) is 9.55. The van der Waals surface area contributed by atoms with Crippen molar-refractivity contribution in [1.82, 2.24) is 20.1 Å². The molecule has 0 fully saturated rings. The molecule has 0 aliphatic heterocycles. The molecule has 9 heteroatoms. The molecule has 0 bridgehead atoms. The molecule has 2 heterocycles. The molecule has 0 aliphatic carbocycles. The molecule has 31 heavy (non-hydrogen) atoms. The number of nitrogens with one attached hydrogen (secondary N) is 2. The average molecular weight is 416 g/mol. The van der Waals surface area contributed by atoms with E-state index < -0.39 is 12.1 Å². The quantitative estimate of drug-likeness (QED) is 0.457. The second kappa shape index (κ2) is 8.54. The van der Waals surface area contributed by atoms with Crippen molar-refractivity contribution >= 4 is 28.8 Å². The number of para-hydroxylation sites is 1. The van der Waals surface area contributed by atoms with Gasteiger partial charge in [0.2, 0.25) is 0 Å². The third kappa shape index (κ3) is 4.45. The van der Waals surface area contributed by atoms with Crippen LogP contribution in [0.1, 0.15) is 18.5 Å². The fraction of sp³-hybridized carbons (Fsp3) is 0.0909. The number of hydrogen-bond acceptors (Lipinski definition) is 5. The molecule has 0 aliphatic rings. The summed E-state index contributed by atoms with van der Waals surface area (Å²) in [4.78, 5) is 28.0. The van der Waals surface area contributed by atoms with E-state index in [9.17, 15) is 9.59 Å². The molecule has 4 aromatic rings. The van der Waals surface area contributed by atoms with Crippen molar-refractivity contribution < 1.29 is 14.3 Å². The van der Waals surface area contributed by atoms with Gasteiger partial charge in [-0.2, -0.15) is 0 Å². The smallest absolute Gasteiger partial charge is 0.389 e. The van der Waals surface area contributed by atoms with E-state index in [1.807, 2.05) is 67.6 Å². The first-order chi connectivity index (χ1) is 15.0. The van der Waals surface area contributed by atoms with Gasteiger partial charge >= 0.3 is 12.1 Å². The average Bonchev–Trinajstić information content (AvgIpc) is 3.12. The van der Waals surface area contributed by atoms with Crippen LogP contribution in [-0.4, -0.2) is 26.9 Å². The van der Waals surface area contributed by atoms with Gasteiger partial charge in [0, 0.05) is 12.3 Å². The zero-order chi connectivity index (χ0) is 21.8. The second-order valence-electron chi connectivity index (χ2n) is 6.79. The minimum atomic E-state index is -0.976. The molecule has 2 aromatic heterocycles. The molecular weight excluding hydrogens is 396 g/mol. The molecule has 0 saturated heterocycles. The number of nitrogens with zero attached hydrogens (tertiary/aromatic N) is 3. The summed E-state index contributed by atoms with van der Waals surface area (Å²) in [6, 6.07) is 20.0. The van der Waals surface area contributed by atoms with E-state index in [2.05, 4.69) is 20.7 Å². The van der Waals surface area contributed by atoms with Gasteiger partial charge < -0.3 is 15.8 Å². The van der Waals surface area contributed by atoms with Crippen molar-refractivity contribution in [3.63, 3.8) is 0 Å². The molecule has 0 saturated carbocycles. The first-order valence-corrected chi connectivity index (χ1v) is 9.55. The molecule has 2 aromatic carbocycles. The van der Waals surface area contributed by atoms with E-state index in [-0.39, 0.29) is 11.9 Å². The van der Waals surface area contributed by atoms with Gasteiger partial charge in [-0.05, 0) is 24.6 Å². The number of pyridine rings is 1. The van der Waals surface area contributed by atoms with Crippen molar-refractivity contribution in [2.24, 2.45) is 5.73 Å². The summed E-state index contributed by atoms with van der Waals surface area (Å²) in [5.41, 5.74) is 7.47. The molecular formula is C22H20N6O3. The predicted octanol–water partition coefficient (Wildman–Crippen LogP) is 3.76. The standard InChI is InChI=1S/C22H20N6O3/c1-14(15-8-4-2-5-9-15)25-22(30)26-19-12-18-17(13-24-19)20(31-21(23)29)27-28(18)16-10-6-3-7-11-16/h2-14H,1H3,(H2,23,29)(H2,24,25,26,30)/t14-/m1/s1. The summed E-state index contributed by atoms with van der Waals surface area (Å²) in [6.07, 6.45) is 0.493. The van der Waals surface area contributed by atoms with Gasteiger partial charge in [0.05, 0.1) is 22.6 Å². The summed E-state index contributed by atoms with van der Waals surface area (Å²) in [5, 5.41) is 10.4. The van der Waals surface area contributed by atoms with Crippen LogP contribution in [0.5, 0.6) is 5.88 Å². The van der Waals surface area contributed by atoms with Crippen LogP contribution in [0.3, 0.4) is 0 Å². The number of aromatic nitrogens is 3. The monoisotopic (exact) mass is 416 g/mol. The van der Waals surface area contributed by atoms with Crippen LogP contribution in [0.25, 0.3) is 16.6 Å². The Balaban J connectivity index is 1.62. The maximum absolute atomic E-state index is 12.5. The largest absolute Gasteiger partial charge is 0.411 e. The topological polar surface area (TPSA) is 124 Å². The summed E-state index contributed by atoms with van der Waals surface area (Å²) in [7, 11) is 0. The second-order valence-corrected chi connectivity index (χ2v) is 6.79. The Labute approximate surface area is 177 Å². The van der Waals surface area contributed by atoms with E-state index in [0.29, 0.717) is 16.7 Å². The van der Waals surface area contributed by atoms with Crippen molar-refractivity contribution in [3.8, 4) is 11.6 Å². The molecule has 3 amide bonds. The van der Waals surface area contributed by atoms with E-state index >= 15 is 0 Å². The fourth-order valence-electron chi connectivity index (χ4n) is 3.16. The highest BCUT2D eigenvalue weighted by Crippen LogP contribution is 2.28. The van der Waals surface area contributed by atoms with Gasteiger partial charge in [0.15, 0.2) is 0 Å². The predicted molar refractivity (Wildman–Crippen MR) is 116 cm³/mol. The minimum absolute atomic E-state index is 0.0348. The van der Waals surface area contributed by atoms with Crippen LogP contribution >= 0.6 is 0 Å². The lowest BCUT2D eigenvalue weighted by Gasteiger charge is -2.14. The van der Waals surface area contributed by atoms with Crippen LogP contribution in [0.2, 0.25) is 0 Å². The number of primary amides is 1. The third-order valence-corrected chi connectivity index (χ3v) is 4.62. The normalized spacial score (nSPS) is 11.6. The van der Waals surface area contributed by atoms with Gasteiger partial charge in [-0.3, -0.25) is 5.32 Å². The number of fused-ring (bicyclic) bond motifs is 1. The van der Waals surface area contributed by atoms with Gasteiger partial charge in [-0.15, -0.1) is 5.10 Å². The lowest BCUT2D eigenvalue weighted by molar-refractivity contribution is 0.209. The van der Waals surface area contributed by atoms with Crippen LogP contribution in [0.4, 0.5) is 15.4 Å². The van der Waals surface area contributed by atoms with Crippen molar-refractivity contribution in [3.05, 3.63) is 78.5 Å². The highest BCUT2D eigenvalue weighted by atomic mass is 16.6. The Bertz CT molecular complexity index is 1220. The maximum atomic E-state index is 12.5. The summed E-state index contributed by atoms with van der Waals surface area (Å²) in [5.74, 6) is 0.348. The van der Waals surface area contributed by atoms with Gasteiger partial charge in [-0.25, -0.2) is 19.3 Å². The lowest BCUT2D eigenvalue weighted by Crippen LogP contribution is -2.31. The number of benzene rings is 2. The SMILES string of the molecule is C[C@@H](NC(=O)Nc1cc2c(cn1)c(OC(N)=O)nn2-c1ccccc1)c1ccccc1. The van der Waals surface area contributed by atoms with E-state index in [0.717, 1.165) is 11.3 Å². The number of nitrogens with two attached hydrogens (primary N) is 1. The van der Waals surface area contributed by atoms with Crippen molar-refractivity contribution in [1.29, 1.82) is 0 Å². The fourth-order valence-corrected chi connectivity index (χ4v) is 3.16. The summed E-state index contributed by atoms with van der Waals surface area (Å²) < 4.78 is 6.61. The highest BCUT2D eigenvalue weighted by Gasteiger charge is 2.17. The highest BCUT2D eigenvalue weighted by molar-refractivity contribution is 5.93. The maximum Gasteiger partial charge on any atom is 0.411 e. The van der Waals surface area contributed by atoms with E-state index in [1.165, 1.54) is 6.20 Å². The minimum Gasteiger partial charge on any atom is -0.389 e. The number of rotatable bonds is 5. The Hall–Kier alpha value is -4.40. The number of anilines is 1. The van der Waals surface area contributed by atoms with Crippen LogP contribution in [0, 0.1) is 0 Å². The van der Waals surface area contributed by atoms with Crippen molar-refractivity contribution in [2.75, 3.05) is 5.32 Å². The number of ether oxygens (including phenoxy) is 1. The Morgan fingerprint density at radius 3 is 2.42 bits per heavy atom. The summed E-state index contributed by atoms with van der Waals surface area (Å²) >= 11 is 0. The van der Waals surface area contributed by atoms with Gasteiger partial charge in [0.1, 0.15) is 5.82 Å². The van der Waals surface area contributed by atoms with Gasteiger partial charge in [-0.1, -0.05) is 48.5 Å². The molecule has 156 valence electrons. The Kier molecular flexibility index (Phi) is 5.48. The number of amides is 3. The number of carbonyl (C=O) groups is 2. The van der Waals surface area contributed by atoms with Gasteiger partial charge in [0.25, 0.3) is 5.88 Å². The molecule has 4 rings (SSSR count). The van der Waals surface area contributed by atoms with Crippen LogP contribution in [-0.2, 0) is 0 Å². The zero-order valence-electron chi connectivity index (χ0n) is 16.6. The zero-order valence-corrected chi connectivity index (χ0v) is 16.6. The number of urea groups is 1. The molecule has 0 unspecified atom stereocenters. The molecule has 1 atom stereocenters. The summed E-state index contributed by atoms with van der Waals surface area (Å²) in [6.45, 7) is 1.89. The van der Waals surface area contributed by atoms with E-state index in [4.69, 9.17) is 10.5 Å². The first kappa shape index (κ1) is 19.9. The molecule has 0 spiro atoms. The van der Waals surface area contributed by atoms with Crippen LogP contribution < -0.4 is 21.1 Å². The Morgan fingerprint density at radius 1 is 1.06 bits per heavy atom. The number of carbonyl (C=O) groups excluding carboxylic acids is 2.